The minimum atomic E-state index is -0.535. The first-order valence-electron chi connectivity index (χ1n) is 15.0. The second kappa shape index (κ2) is 19.9. The predicted molar refractivity (Wildman–Crippen MR) is 195 cm³/mol. The van der Waals surface area contributed by atoms with Gasteiger partial charge < -0.3 is 29.7 Å². The highest BCUT2D eigenvalue weighted by molar-refractivity contribution is 7.99. The van der Waals surface area contributed by atoms with Crippen LogP contribution in [0, 0.1) is 0 Å². The Morgan fingerprint density at radius 3 is 2.11 bits per heavy atom. The molecular formula is C33H46Cl4N4O3S. The largest absolute Gasteiger partial charge is 0.492 e. The van der Waals surface area contributed by atoms with E-state index in [0.717, 1.165) is 68.8 Å². The van der Waals surface area contributed by atoms with Crippen LogP contribution in [-0.4, -0.2) is 92.6 Å². The molecule has 250 valence electrons. The van der Waals surface area contributed by atoms with Crippen LogP contribution >= 0.6 is 60.6 Å². The normalized spacial score (nSPS) is 15.2. The summed E-state index contributed by atoms with van der Waals surface area (Å²) in [6.07, 6.45) is 0.564. The molecule has 3 aromatic carbocycles. The maximum atomic E-state index is 10.0. The van der Waals surface area contributed by atoms with Gasteiger partial charge in [0.2, 0.25) is 0 Å². The van der Waals surface area contributed by atoms with Crippen molar-refractivity contribution in [3.63, 3.8) is 0 Å². The second-order valence-corrected chi connectivity index (χ2v) is 12.7. The Bertz CT molecular complexity index is 1280. The van der Waals surface area contributed by atoms with E-state index in [-0.39, 0.29) is 43.8 Å². The zero-order chi connectivity index (χ0) is 29.3. The third-order valence-corrected chi connectivity index (χ3v) is 8.98. The van der Waals surface area contributed by atoms with Gasteiger partial charge >= 0.3 is 0 Å². The number of piperazine rings is 1. The molecule has 1 saturated heterocycles. The lowest BCUT2D eigenvalue weighted by atomic mass is 10.2. The summed E-state index contributed by atoms with van der Waals surface area (Å²) in [6, 6.07) is 22.9. The molecule has 0 unspecified atom stereocenters. The van der Waals surface area contributed by atoms with Gasteiger partial charge in [-0.3, -0.25) is 4.90 Å². The van der Waals surface area contributed by atoms with E-state index in [4.69, 9.17) is 21.1 Å². The van der Waals surface area contributed by atoms with Crippen LogP contribution in [0.2, 0.25) is 5.02 Å². The molecule has 45 heavy (non-hydrogen) atoms. The van der Waals surface area contributed by atoms with Crippen LogP contribution in [0.1, 0.15) is 20.3 Å². The van der Waals surface area contributed by atoms with Crippen molar-refractivity contribution < 1.29 is 14.6 Å². The first kappa shape index (κ1) is 39.6. The Balaban J connectivity index is 0.00000235. The van der Waals surface area contributed by atoms with Crippen molar-refractivity contribution in [3.05, 3.63) is 71.8 Å². The fourth-order valence-electron chi connectivity index (χ4n) is 5.28. The summed E-state index contributed by atoms with van der Waals surface area (Å²) in [4.78, 5) is 10.1. The number of rotatable bonds is 14. The molecule has 0 aliphatic carbocycles. The molecule has 0 radical (unpaired) electrons. The molecule has 7 nitrogen and oxygen atoms in total. The van der Waals surface area contributed by atoms with Crippen LogP contribution in [0.15, 0.2) is 76.5 Å². The molecule has 2 N–H and O–H groups in total. The van der Waals surface area contributed by atoms with Crippen molar-refractivity contribution >= 4 is 72.0 Å². The third kappa shape index (κ3) is 11.9. The van der Waals surface area contributed by atoms with Crippen LogP contribution in [0.5, 0.6) is 11.5 Å². The van der Waals surface area contributed by atoms with Crippen molar-refractivity contribution in [3.8, 4) is 11.5 Å². The van der Waals surface area contributed by atoms with Gasteiger partial charge in [-0.2, -0.15) is 0 Å². The third-order valence-electron chi connectivity index (χ3n) is 7.61. The lowest BCUT2D eigenvalue weighted by Gasteiger charge is -2.36. The molecule has 0 aromatic heterocycles. The maximum absolute atomic E-state index is 10.0. The molecule has 0 spiro atoms. The lowest BCUT2D eigenvalue weighted by Crippen LogP contribution is -2.47. The van der Waals surface area contributed by atoms with Crippen molar-refractivity contribution in [2.24, 2.45) is 0 Å². The van der Waals surface area contributed by atoms with Crippen LogP contribution < -0.4 is 19.7 Å². The number of nitrogens with zero attached hydrogens (tertiary/aromatic N) is 3. The van der Waals surface area contributed by atoms with Gasteiger partial charge in [0, 0.05) is 66.7 Å². The number of hydrogen-bond acceptors (Lipinski definition) is 8. The number of benzene rings is 3. The Hall–Kier alpha value is -1.59. The Morgan fingerprint density at radius 1 is 0.800 bits per heavy atom. The van der Waals surface area contributed by atoms with E-state index >= 15 is 0 Å². The van der Waals surface area contributed by atoms with Gasteiger partial charge in [-0.1, -0.05) is 49.3 Å². The average Bonchev–Trinajstić information content (AvgIpc) is 3.00. The Morgan fingerprint density at radius 2 is 1.42 bits per heavy atom. The average molecular weight is 721 g/mol. The Kier molecular flexibility index (Phi) is 17.5. The van der Waals surface area contributed by atoms with Crippen LogP contribution in [-0.2, 0) is 0 Å². The zero-order valence-corrected chi connectivity index (χ0v) is 29.9. The summed E-state index contributed by atoms with van der Waals surface area (Å²) in [5.41, 5.74) is 2.49. The maximum Gasteiger partial charge on any atom is 0.119 e. The molecule has 3 aromatic rings. The highest BCUT2D eigenvalue weighted by Crippen LogP contribution is 2.48. The molecule has 0 amide bonds. The molecule has 1 atom stereocenters. The van der Waals surface area contributed by atoms with Gasteiger partial charge in [0.15, 0.2) is 0 Å². The number of hydrogen-bond donors (Lipinski definition) is 2. The molecular weight excluding hydrogens is 674 g/mol. The van der Waals surface area contributed by atoms with E-state index in [1.807, 2.05) is 42.1 Å². The number of fused-ring (bicyclic) bond motifs is 2. The molecule has 2 aliphatic heterocycles. The number of nitrogens with one attached hydrogen (secondary N) is 1. The van der Waals surface area contributed by atoms with E-state index in [0.29, 0.717) is 19.2 Å². The predicted octanol–water partition coefficient (Wildman–Crippen LogP) is 7.03. The quantitative estimate of drug-likeness (QED) is 0.184. The Labute approximate surface area is 296 Å². The standard InChI is InChI=1S/C33H43ClN4O3S.3ClH/c1-25(2)35-23-27(39)24-41-29-11-9-28(10-12-29)40-21-20-37-18-16-36(17-19-37)14-5-15-38-30-6-3-4-7-32(30)42-33-13-8-26(34)22-31(33)38;;;/h3-4,6-13,22,25,27,35,39H,5,14-21,23-24H2,1-2H3;3*1H/t27-;;;/m0.../s1. The summed E-state index contributed by atoms with van der Waals surface area (Å²) < 4.78 is 11.7. The summed E-state index contributed by atoms with van der Waals surface area (Å²) in [5.74, 6) is 1.57. The number of aliphatic hydroxyl groups is 1. The van der Waals surface area contributed by atoms with Crippen molar-refractivity contribution in [2.45, 2.75) is 42.2 Å². The van der Waals surface area contributed by atoms with E-state index in [1.165, 1.54) is 21.2 Å². The van der Waals surface area contributed by atoms with Gasteiger partial charge in [-0.05, 0) is 67.6 Å². The van der Waals surface area contributed by atoms with Crippen molar-refractivity contribution in [1.82, 2.24) is 15.1 Å². The first-order chi connectivity index (χ1) is 20.4. The van der Waals surface area contributed by atoms with E-state index < -0.39 is 6.10 Å². The minimum Gasteiger partial charge on any atom is -0.492 e. The van der Waals surface area contributed by atoms with E-state index in [9.17, 15) is 5.11 Å². The smallest absolute Gasteiger partial charge is 0.119 e. The molecule has 5 rings (SSSR count). The summed E-state index contributed by atoms with van der Waals surface area (Å²) >= 11 is 8.21. The van der Waals surface area contributed by atoms with E-state index in [1.54, 1.807) is 0 Å². The highest BCUT2D eigenvalue weighted by atomic mass is 35.5. The first-order valence-corrected chi connectivity index (χ1v) is 16.2. The van der Waals surface area contributed by atoms with Crippen LogP contribution in [0.25, 0.3) is 0 Å². The number of aliphatic hydroxyl groups excluding tert-OH is 1. The molecule has 2 heterocycles. The minimum absolute atomic E-state index is 0. The van der Waals surface area contributed by atoms with Gasteiger partial charge in [-0.25, -0.2) is 0 Å². The summed E-state index contributed by atoms with van der Waals surface area (Å²) in [5, 5.41) is 14.0. The number of halogens is 4. The summed E-state index contributed by atoms with van der Waals surface area (Å²) in [6.45, 7) is 12.8. The SMILES string of the molecule is CC(C)NC[C@H](O)COc1ccc(OCCN2CCN(CCCN3c4ccccc4Sc4ccc(Cl)cc43)CC2)cc1.Cl.Cl.Cl. The lowest BCUT2D eigenvalue weighted by molar-refractivity contribution is 0.104. The fraction of sp³-hybridized carbons (Fsp3) is 0.455. The fourth-order valence-corrected chi connectivity index (χ4v) is 6.52. The highest BCUT2D eigenvalue weighted by Gasteiger charge is 2.24. The van der Waals surface area contributed by atoms with Crippen molar-refractivity contribution in [2.75, 3.05) is 70.5 Å². The number of para-hydroxylation sites is 1. The van der Waals surface area contributed by atoms with Gasteiger partial charge in [0.25, 0.3) is 0 Å². The monoisotopic (exact) mass is 718 g/mol. The van der Waals surface area contributed by atoms with Gasteiger partial charge in [0.05, 0.1) is 11.4 Å². The number of ether oxygens (including phenoxy) is 2. The topological polar surface area (TPSA) is 60.4 Å². The molecule has 1 fully saturated rings. The molecule has 0 bridgehead atoms. The van der Waals surface area contributed by atoms with Gasteiger partial charge in [-0.15, -0.1) is 37.2 Å². The second-order valence-electron chi connectivity index (χ2n) is 11.2. The zero-order valence-electron chi connectivity index (χ0n) is 25.9. The molecule has 2 aliphatic rings. The summed E-state index contributed by atoms with van der Waals surface area (Å²) in [7, 11) is 0. The number of anilines is 2. The van der Waals surface area contributed by atoms with E-state index in [2.05, 4.69) is 70.3 Å². The van der Waals surface area contributed by atoms with Crippen LogP contribution in [0.4, 0.5) is 11.4 Å². The van der Waals surface area contributed by atoms with Crippen molar-refractivity contribution in [1.29, 1.82) is 0 Å². The van der Waals surface area contributed by atoms with Crippen LogP contribution in [0.3, 0.4) is 0 Å². The molecule has 0 saturated carbocycles. The molecule has 12 heteroatoms. The van der Waals surface area contributed by atoms with Gasteiger partial charge in [0.1, 0.15) is 30.8 Å².